The van der Waals surface area contributed by atoms with Crippen LogP contribution in [0.5, 0.6) is 0 Å². The van der Waals surface area contributed by atoms with Gasteiger partial charge < -0.3 is 14.5 Å². The van der Waals surface area contributed by atoms with Crippen LogP contribution in [0.3, 0.4) is 0 Å². The second kappa shape index (κ2) is 4.69. The van der Waals surface area contributed by atoms with E-state index in [1.807, 2.05) is 0 Å². The maximum atomic E-state index is 11.5. The van der Waals surface area contributed by atoms with Gasteiger partial charge in [0.15, 0.2) is 5.43 Å². The Morgan fingerprint density at radius 1 is 1.56 bits per heavy atom. The van der Waals surface area contributed by atoms with Crippen LogP contribution in [0.15, 0.2) is 21.5 Å². The highest BCUT2D eigenvalue weighted by atomic mass is 79.9. The minimum absolute atomic E-state index is 0.0392. The molecule has 1 unspecified atom stereocenters. The lowest BCUT2D eigenvalue weighted by atomic mass is 9.92. The van der Waals surface area contributed by atoms with Crippen molar-refractivity contribution in [3.8, 4) is 0 Å². The summed E-state index contributed by atoms with van der Waals surface area (Å²) in [5, 5.41) is 0. The van der Waals surface area contributed by atoms with Crippen molar-refractivity contribution in [3.05, 3.63) is 32.7 Å². The summed E-state index contributed by atoms with van der Waals surface area (Å²) in [5.41, 5.74) is 0.220. The minimum atomic E-state index is -0.513. The van der Waals surface area contributed by atoms with Gasteiger partial charge in [0.1, 0.15) is 5.60 Å². The molecule has 5 heteroatoms. The number of hydrogen-bond acceptors (Lipinski definition) is 3. The summed E-state index contributed by atoms with van der Waals surface area (Å²) in [4.78, 5) is 14.6. The number of rotatable bonds is 2. The van der Waals surface area contributed by atoms with E-state index in [0.29, 0.717) is 11.2 Å². The highest BCUT2D eigenvalue weighted by Gasteiger charge is 2.36. The largest absolute Gasteiger partial charge is 0.378 e. The molecule has 1 N–H and O–H groups in total. The van der Waals surface area contributed by atoms with Crippen molar-refractivity contribution in [2.24, 2.45) is 0 Å². The fourth-order valence-corrected chi connectivity index (χ4v) is 2.45. The quantitative estimate of drug-likeness (QED) is 0.844. The van der Waals surface area contributed by atoms with E-state index in [2.05, 4.69) is 20.9 Å². The number of pyridine rings is 1. The first-order chi connectivity index (χ1) is 7.66. The van der Waals surface area contributed by atoms with Crippen molar-refractivity contribution < 1.29 is 9.47 Å². The van der Waals surface area contributed by atoms with Gasteiger partial charge in [-0.1, -0.05) is 0 Å². The highest BCUT2D eigenvalue weighted by Crippen LogP contribution is 2.32. The van der Waals surface area contributed by atoms with Gasteiger partial charge in [0, 0.05) is 25.8 Å². The topological polar surface area (TPSA) is 51.3 Å². The van der Waals surface area contributed by atoms with Crippen molar-refractivity contribution in [1.29, 1.82) is 0 Å². The van der Waals surface area contributed by atoms with Crippen molar-refractivity contribution >= 4 is 15.9 Å². The third-order valence-corrected chi connectivity index (χ3v) is 3.32. The molecule has 0 amide bonds. The van der Waals surface area contributed by atoms with Crippen LogP contribution < -0.4 is 5.43 Å². The Labute approximate surface area is 102 Å². The first kappa shape index (κ1) is 11.8. The summed E-state index contributed by atoms with van der Waals surface area (Å²) in [6.45, 7) is 1.24. The molecule has 0 saturated carbocycles. The fraction of sp³-hybridized carbons (Fsp3) is 0.545. The predicted molar refractivity (Wildman–Crippen MR) is 63.5 cm³/mol. The lowest BCUT2D eigenvalue weighted by Crippen LogP contribution is -2.39. The van der Waals surface area contributed by atoms with E-state index in [9.17, 15) is 4.79 Å². The zero-order chi connectivity index (χ0) is 11.6. The Morgan fingerprint density at radius 3 is 2.94 bits per heavy atom. The minimum Gasteiger partial charge on any atom is -0.378 e. The van der Waals surface area contributed by atoms with Crippen molar-refractivity contribution in [2.75, 3.05) is 20.3 Å². The molecule has 1 aromatic rings. The van der Waals surface area contributed by atoms with E-state index < -0.39 is 5.60 Å². The molecule has 88 valence electrons. The summed E-state index contributed by atoms with van der Waals surface area (Å²) in [6, 6.07) is 3.07. The van der Waals surface area contributed by atoms with E-state index in [-0.39, 0.29) is 5.43 Å². The number of aromatic nitrogens is 1. The van der Waals surface area contributed by atoms with Gasteiger partial charge in [-0.15, -0.1) is 0 Å². The monoisotopic (exact) mass is 287 g/mol. The smallest absolute Gasteiger partial charge is 0.183 e. The van der Waals surface area contributed by atoms with Crippen LogP contribution in [0.2, 0.25) is 0 Å². The lowest BCUT2D eigenvalue weighted by molar-refractivity contribution is -0.117. The summed E-state index contributed by atoms with van der Waals surface area (Å²) in [5.74, 6) is 0. The van der Waals surface area contributed by atoms with Gasteiger partial charge in [-0.2, -0.15) is 0 Å². The summed E-state index contributed by atoms with van der Waals surface area (Å²) >= 11 is 3.28. The molecule has 1 fully saturated rings. The fourth-order valence-electron chi connectivity index (χ4n) is 2.01. The Bertz CT molecular complexity index is 423. The van der Waals surface area contributed by atoms with E-state index >= 15 is 0 Å². The summed E-state index contributed by atoms with van der Waals surface area (Å²) in [7, 11) is 1.65. The third kappa shape index (κ3) is 2.21. The SMILES string of the molecule is COC1(c2cc(=O)cc(Br)[nH]2)CCCOC1. The molecule has 2 heterocycles. The number of ether oxygens (including phenoxy) is 2. The van der Waals surface area contributed by atoms with Crippen molar-refractivity contribution in [2.45, 2.75) is 18.4 Å². The van der Waals surface area contributed by atoms with Crippen molar-refractivity contribution in [1.82, 2.24) is 4.98 Å². The Kier molecular flexibility index (Phi) is 3.47. The average molecular weight is 288 g/mol. The van der Waals surface area contributed by atoms with Gasteiger partial charge in [-0.3, -0.25) is 4.79 Å². The van der Waals surface area contributed by atoms with Gasteiger partial charge >= 0.3 is 0 Å². The summed E-state index contributed by atoms with van der Waals surface area (Å²) < 4.78 is 11.7. The van der Waals surface area contributed by atoms with Crippen molar-refractivity contribution in [3.63, 3.8) is 0 Å². The second-order valence-corrected chi connectivity index (χ2v) is 4.79. The maximum absolute atomic E-state index is 11.5. The molecule has 0 radical (unpaired) electrons. The molecule has 1 aliphatic rings. The zero-order valence-corrected chi connectivity index (χ0v) is 10.7. The first-order valence-electron chi connectivity index (χ1n) is 5.19. The number of H-pyrrole nitrogens is 1. The molecular weight excluding hydrogens is 274 g/mol. The van der Waals surface area contributed by atoms with Crippen LogP contribution in [-0.4, -0.2) is 25.3 Å². The predicted octanol–water partition coefficient (Wildman–Crippen LogP) is 1.79. The number of methoxy groups -OCH3 is 1. The number of nitrogens with one attached hydrogen (secondary N) is 1. The van der Waals surface area contributed by atoms with E-state index in [1.54, 1.807) is 13.2 Å². The lowest BCUT2D eigenvalue weighted by Gasteiger charge is -2.35. The van der Waals surface area contributed by atoms with Crippen LogP contribution in [0, 0.1) is 0 Å². The maximum Gasteiger partial charge on any atom is 0.183 e. The van der Waals surface area contributed by atoms with Crippen LogP contribution in [-0.2, 0) is 15.1 Å². The molecule has 16 heavy (non-hydrogen) atoms. The molecule has 1 saturated heterocycles. The first-order valence-corrected chi connectivity index (χ1v) is 5.99. The van der Waals surface area contributed by atoms with Gasteiger partial charge in [-0.25, -0.2) is 0 Å². The molecular formula is C11H14BrNO3. The van der Waals surface area contributed by atoms with Crippen LogP contribution >= 0.6 is 15.9 Å². The zero-order valence-electron chi connectivity index (χ0n) is 9.09. The van der Waals surface area contributed by atoms with Gasteiger partial charge in [-0.05, 0) is 28.8 Å². The molecule has 0 aliphatic carbocycles. The van der Waals surface area contributed by atoms with E-state index in [0.717, 1.165) is 25.1 Å². The molecule has 1 aliphatic heterocycles. The molecule has 2 rings (SSSR count). The molecule has 4 nitrogen and oxygen atoms in total. The summed E-state index contributed by atoms with van der Waals surface area (Å²) in [6.07, 6.45) is 1.79. The molecule has 0 spiro atoms. The average Bonchev–Trinajstić information content (AvgIpc) is 2.28. The Hall–Kier alpha value is -0.650. The van der Waals surface area contributed by atoms with Gasteiger partial charge in [0.25, 0.3) is 0 Å². The molecule has 1 atom stereocenters. The van der Waals surface area contributed by atoms with Gasteiger partial charge in [0.2, 0.25) is 0 Å². The third-order valence-electron chi connectivity index (χ3n) is 2.90. The number of halogens is 1. The molecule has 1 aromatic heterocycles. The standard InChI is InChI=1S/C11H14BrNO3/c1-15-11(3-2-4-16-7-11)9-5-8(14)6-10(12)13-9/h5-6H,2-4,7H2,1H3,(H,13,14). The normalized spacial score (nSPS) is 25.6. The Balaban J connectivity index is 2.42. The van der Waals surface area contributed by atoms with E-state index in [1.165, 1.54) is 6.07 Å². The van der Waals surface area contributed by atoms with E-state index in [4.69, 9.17) is 9.47 Å². The van der Waals surface area contributed by atoms with Gasteiger partial charge in [0.05, 0.1) is 16.9 Å². The molecule has 0 aromatic carbocycles. The number of aromatic amines is 1. The van der Waals surface area contributed by atoms with Crippen LogP contribution in [0.1, 0.15) is 18.5 Å². The second-order valence-electron chi connectivity index (χ2n) is 3.93. The van der Waals surface area contributed by atoms with Crippen LogP contribution in [0.4, 0.5) is 0 Å². The number of hydrogen-bond donors (Lipinski definition) is 1. The van der Waals surface area contributed by atoms with Crippen LogP contribution in [0.25, 0.3) is 0 Å². The Morgan fingerprint density at radius 2 is 2.38 bits per heavy atom. The highest BCUT2D eigenvalue weighted by molar-refractivity contribution is 9.10. The molecule has 0 bridgehead atoms.